The molecule has 0 spiro atoms. The highest BCUT2D eigenvalue weighted by atomic mass is 32.2. The fourth-order valence-electron chi connectivity index (χ4n) is 3.04. The van der Waals surface area contributed by atoms with Crippen LogP contribution in [0.4, 0.5) is 0 Å². The molecule has 1 heterocycles. The summed E-state index contributed by atoms with van der Waals surface area (Å²) < 4.78 is 22.8. The summed E-state index contributed by atoms with van der Waals surface area (Å²) in [5.41, 5.74) is 1.94. The van der Waals surface area contributed by atoms with Gasteiger partial charge in [-0.3, -0.25) is 4.79 Å². The largest absolute Gasteiger partial charge is 0.337 e. The minimum atomic E-state index is -3.74. The SMILES string of the molecule is Cc1ccc(CN(CCc2ccccc2)C(=O)Cc2ccc(S(N)(=O)=O)cc2)s1. The molecule has 0 unspecified atom stereocenters. The van der Waals surface area contributed by atoms with Crippen LogP contribution in [0.15, 0.2) is 71.6 Å². The highest BCUT2D eigenvalue weighted by Gasteiger charge is 2.16. The molecule has 0 saturated carbocycles. The molecule has 3 aromatic rings. The Balaban J connectivity index is 1.72. The van der Waals surface area contributed by atoms with Crippen LogP contribution in [0, 0.1) is 6.92 Å². The van der Waals surface area contributed by atoms with Gasteiger partial charge in [0.2, 0.25) is 15.9 Å². The van der Waals surface area contributed by atoms with Gasteiger partial charge in [-0.05, 0) is 48.7 Å². The zero-order valence-corrected chi connectivity index (χ0v) is 17.9. The van der Waals surface area contributed by atoms with Gasteiger partial charge in [0.05, 0.1) is 17.9 Å². The Morgan fingerprint density at radius 2 is 1.66 bits per heavy atom. The van der Waals surface area contributed by atoms with Crippen LogP contribution in [0.3, 0.4) is 0 Å². The molecule has 0 aliphatic heterocycles. The molecule has 0 radical (unpaired) electrons. The minimum absolute atomic E-state index is 0.00957. The van der Waals surface area contributed by atoms with Crippen molar-refractivity contribution in [1.82, 2.24) is 4.90 Å². The third kappa shape index (κ3) is 6.25. The molecule has 29 heavy (non-hydrogen) atoms. The molecule has 1 aromatic heterocycles. The summed E-state index contributed by atoms with van der Waals surface area (Å²) in [7, 11) is -3.74. The predicted octanol–water partition coefficient (Wildman–Crippen LogP) is 3.52. The van der Waals surface area contributed by atoms with Crippen LogP contribution in [0.25, 0.3) is 0 Å². The highest BCUT2D eigenvalue weighted by Crippen LogP contribution is 2.19. The minimum Gasteiger partial charge on any atom is -0.337 e. The molecule has 0 saturated heterocycles. The Morgan fingerprint density at radius 3 is 2.24 bits per heavy atom. The van der Waals surface area contributed by atoms with Gasteiger partial charge in [0.1, 0.15) is 0 Å². The molecule has 0 aliphatic rings. The summed E-state index contributed by atoms with van der Waals surface area (Å²) >= 11 is 1.69. The molecule has 152 valence electrons. The van der Waals surface area contributed by atoms with Gasteiger partial charge in [0.25, 0.3) is 0 Å². The Kier molecular flexibility index (Phi) is 6.84. The van der Waals surface area contributed by atoms with Crippen molar-refractivity contribution in [3.05, 3.63) is 87.6 Å². The molecular formula is C22H24N2O3S2. The van der Waals surface area contributed by atoms with Crippen molar-refractivity contribution >= 4 is 27.3 Å². The van der Waals surface area contributed by atoms with Crippen LogP contribution in [-0.2, 0) is 34.2 Å². The van der Waals surface area contributed by atoms with E-state index < -0.39 is 10.0 Å². The number of primary sulfonamides is 1. The van der Waals surface area contributed by atoms with Gasteiger partial charge in [0.15, 0.2) is 0 Å². The van der Waals surface area contributed by atoms with Crippen molar-refractivity contribution in [1.29, 1.82) is 0 Å². The fraction of sp³-hybridized carbons (Fsp3) is 0.227. The van der Waals surface area contributed by atoms with E-state index in [0.717, 1.165) is 16.9 Å². The quantitative estimate of drug-likeness (QED) is 0.596. The number of rotatable bonds is 8. The van der Waals surface area contributed by atoms with Crippen molar-refractivity contribution < 1.29 is 13.2 Å². The van der Waals surface area contributed by atoms with Gasteiger partial charge >= 0.3 is 0 Å². The smallest absolute Gasteiger partial charge is 0.238 e. The number of aryl methyl sites for hydroxylation is 1. The predicted molar refractivity (Wildman–Crippen MR) is 116 cm³/mol. The summed E-state index contributed by atoms with van der Waals surface area (Å²) in [6.45, 7) is 3.24. The van der Waals surface area contributed by atoms with E-state index in [1.165, 1.54) is 22.6 Å². The number of carbonyl (C=O) groups is 1. The first-order chi connectivity index (χ1) is 13.8. The summed E-state index contributed by atoms with van der Waals surface area (Å²) in [5.74, 6) is 0.00957. The first-order valence-electron chi connectivity index (χ1n) is 9.30. The van der Waals surface area contributed by atoms with E-state index in [1.807, 2.05) is 23.1 Å². The van der Waals surface area contributed by atoms with Crippen molar-refractivity contribution in [2.24, 2.45) is 5.14 Å². The molecule has 2 N–H and O–H groups in total. The van der Waals surface area contributed by atoms with Crippen molar-refractivity contribution in [3.63, 3.8) is 0 Å². The lowest BCUT2D eigenvalue weighted by Crippen LogP contribution is -2.33. The summed E-state index contributed by atoms with van der Waals surface area (Å²) in [6.07, 6.45) is 0.991. The number of carbonyl (C=O) groups excluding carboxylic acids is 1. The van der Waals surface area contributed by atoms with Crippen molar-refractivity contribution in [3.8, 4) is 0 Å². The second-order valence-electron chi connectivity index (χ2n) is 6.93. The van der Waals surface area contributed by atoms with E-state index in [9.17, 15) is 13.2 Å². The van der Waals surface area contributed by atoms with E-state index in [-0.39, 0.29) is 17.2 Å². The number of hydrogen-bond acceptors (Lipinski definition) is 4. The molecule has 0 fully saturated rings. The number of hydrogen-bond donors (Lipinski definition) is 1. The number of sulfonamides is 1. The fourth-order valence-corrected chi connectivity index (χ4v) is 4.46. The molecule has 1 amide bonds. The van der Waals surface area contributed by atoms with Crippen molar-refractivity contribution in [2.45, 2.75) is 31.2 Å². The average molecular weight is 429 g/mol. The molecule has 7 heteroatoms. The number of amides is 1. The lowest BCUT2D eigenvalue weighted by Gasteiger charge is -2.22. The maximum Gasteiger partial charge on any atom is 0.238 e. The number of benzene rings is 2. The Bertz CT molecular complexity index is 1060. The molecule has 0 bridgehead atoms. The van der Waals surface area contributed by atoms with Gasteiger partial charge < -0.3 is 4.90 Å². The average Bonchev–Trinajstić information content (AvgIpc) is 3.10. The van der Waals surface area contributed by atoms with Crippen molar-refractivity contribution in [2.75, 3.05) is 6.54 Å². The van der Waals surface area contributed by atoms with Crippen LogP contribution in [0.5, 0.6) is 0 Å². The zero-order valence-electron chi connectivity index (χ0n) is 16.2. The first kappa shape index (κ1) is 21.2. The van der Waals surface area contributed by atoms with Crippen LogP contribution in [0.2, 0.25) is 0 Å². The Labute approximate surface area is 175 Å². The molecule has 0 aliphatic carbocycles. The van der Waals surface area contributed by atoms with Crippen LogP contribution < -0.4 is 5.14 Å². The van der Waals surface area contributed by atoms with E-state index in [0.29, 0.717) is 13.1 Å². The third-order valence-corrected chi connectivity index (χ3v) is 6.53. The number of nitrogens with two attached hydrogens (primary N) is 1. The van der Waals surface area contributed by atoms with E-state index in [2.05, 4.69) is 31.2 Å². The van der Waals surface area contributed by atoms with Gasteiger partial charge in [-0.1, -0.05) is 42.5 Å². The number of thiophene rings is 1. The third-order valence-electron chi connectivity index (χ3n) is 4.62. The number of nitrogens with zero attached hydrogens (tertiary/aromatic N) is 1. The standard InChI is InChI=1S/C22H24N2O3S2/c1-17-7-10-20(28-17)16-24(14-13-18-5-3-2-4-6-18)22(25)15-19-8-11-21(12-9-19)29(23,26)27/h2-12H,13-16H2,1H3,(H2,23,26,27). The van der Waals surface area contributed by atoms with Gasteiger partial charge in [-0.25, -0.2) is 13.6 Å². The van der Waals surface area contributed by atoms with E-state index >= 15 is 0 Å². The topological polar surface area (TPSA) is 80.5 Å². The molecule has 5 nitrogen and oxygen atoms in total. The summed E-state index contributed by atoms with van der Waals surface area (Å²) in [5, 5.41) is 5.14. The monoisotopic (exact) mass is 428 g/mol. The lowest BCUT2D eigenvalue weighted by atomic mass is 10.1. The molecule has 3 rings (SSSR count). The van der Waals surface area contributed by atoms with E-state index in [4.69, 9.17) is 5.14 Å². The molecule has 2 aromatic carbocycles. The first-order valence-corrected chi connectivity index (χ1v) is 11.7. The Hall–Kier alpha value is -2.48. The van der Waals surface area contributed by atoms with Crippen LogP contribution >= 0.6 is 11.3 Å². The van der Waals surface area contributed by atoms with Crippen LogP contribution in [0.1, 0.15) is 20.9 Å². The van der Waals surface area contributed by atoms with Crippen LogP contribution in [-0.4, -0.2) is 25.8 Å². The highest BCUT2D eigenvalue weighted by molar-refractivity contribution is 7.89. The summed E-state index contributed by atoms with van der Waals surface area (Å²) in [4.78, 5) is 17.3. The lowest BCUT2D eigenvalue weighted by molar-refractivity contribution is -0.131. The Morgan fingerprint density at radius 1 is 0.966 bits per heavy atom. The van der Waals surface area contributed by atoms with Gasteiger partial charge in [-0.2, -0.15) is 0 Å². The molecule has 0 atom stereocenters. The zero-order chi connectivity index (χ0) is 20.9. The van der Waals surface area contributed by atoms with Gasteiger partial charge in [-0.15, -0.1) is 11.3 Å². The normalized spacial score (nSPS) is 11.4. The second-order valence-corrected chi connectivity index (χ2v) is 9.86. The summed E-state index contributed by atoms with van der Waals surface area (Å²) in [6, 6.07) is 20.4. The second kappa shape index (κ2) is 9.35. The van der Waals surface area contributed by atoms with E-state index in [1.54, 1.807) is 23.5 Å². The maximum absolute atomic E-state index is 13.0. The van der Waals surface area contributed by atoms with Gasteiger partial charge in [0, 0.05) is 16.3 Å². The molecular weight excluding hydrogens is 404 g/mol. The maximum atomic E-state index is 13.0.